The standard InChI is InChI=1S/C24H25ClN4O2/c25-21-5-8-23(31-17-18-2-1-9-27-15-18)20(14-21)16-28-10-12-29(13-11-28)22-6-3-19(4-7-22)24(26)30/h1-9,14-15H,10-13,16-17H2,(H2,26,30). The Labute approximate surface area is 187 Å². The minimum atomic E-state index is -0.403. The van der Waals surface area contributed by atoms with Crippen molar-refractivity contribution in [3.8, 4) is 5.75 Å². The molecule has 31 heavy (non-hydrogen) atoms. The van der Waals surface area contributed by atoms with Crippen LogP contribution in [0.4, 0.5) is 5.69 Å². The Bertz CT molecular complexity index is 1020. The molecule has 4 rings (SSSR count). The van der Waals surface area contributed by atoms with Gasteiger partial charge in [0.1, 0.15) is 12.4 Å². The number of carbonyl (C=O) groups is 1. The van der Waals surface area contributed by atoms with Gasteiger partial charge in [-0.2, -0.15) is 0 Å². The second kappa shape index (κ2) is 9.81. The summed E-state index contributed by atoms with van der Waals surface area (Å²) in [5.41, 5.74) is 9.07. The summed E-state index contributed by atoms with van der Waals surface area (Å²) in [5.74, 6) is 0.442. The molecular weight excluding hydrogens is 412 g/mol. The molecule has 2 N–H and O–H groups in total. The number of hydrogen-bond donors (Lipinski definition) is 1. The van der Waals surface area contributed by atoms with Gasteiger partial charge in [-0.1, -0.05) is 17.7 Å². The van der Waals surface area contributed by atoms with Gasteiger partial charge in [-0.15, -0.1) is 0 Å². The molecule has 0 saturated carbocycles. The van der Waals surface area contributed by atoms with Crippen LogP contribution in [0.3, 0.4) is 0 Å². The average molecular weight is 437 g/mol. The number of hydrogen-bond acceptors (Lipinski definition) is 5. The highest BCUT2D eigenvalue weighted by Crippen LogP contribution is 2.26. The van der Waals surface area contributed by atoms with Crippen molar-refractivity contribution in [2.24, 2.45) is 5.73 Å². The Balaban J connectivity index is 1.36. The zero-order valence-electron chi connectivity index (χ0n) is 17.2. The molecule has 2 aromatic carbocycles. The van der Waals surface area contributed by atoms with Crippen LogP contribution in [0.5, 0.6) is 5.75 Å². The smallest absolute Gasteiger partial charge is 0.248 e. The van der Waals surface area contributed by atoms with Crippen molar-refractivity contribution in [1.29, 1.82) is 0 Å². The molecule has 0 bridgehead atoms. The predicted molar refractivity (Wildman–Crippen MR) is 122 cm³/mol. The highest BCUT2D eigenvalue weighted by atomic mass is 35.5. The number of ether oxygens (including phenoxy) is 1. The number of benzene rings is 2. The number of aromatic nitrogens is 1. The molecule has 1 aromatic heterocycles. The number of halogens is 1. The zero-order valence-corrected chi connectivity index (χ0v) is 18.0. The number of pyridine rings is 1. The molecule has 1 saturated heterocycles. The van der Waals surface area contributed by atoms with Gasteiger partial charge in [0, 0.05) is 72.5 Å². The number of anilines is 1. The van der Waals surface area contributed by atoms with Crippen molar-refractivity contribution >= 4 is 23.2 Å². The van der Waals surface area contributed by atoms with Gasteiger partial charge in [0.25, 0.3) is 0 Å². The van der Waals surface area contributed by atoms with Crippen molar-refractivity contribution in [2.75, 3.05) is 31.1 Å². The molecular formula is C24H25ClN4O2. The topological polar surface area (TPSA) is 71.7 Å². The number of piperazine rings is 1. The van der Waals surface area contributed by atoms with E-state index < -0.39 is 5.91 Å². The van der Waals surface area contributed by atoms with E-state index in [9.17, 15) is 4.79 Å². The van der Waals surface area contributed by atoms with Crippen LogP contribution in [0.1, 0.15) is 21.5 Å². The molecule has 3 aromatic rings. The lowest BCUT2D eigenvalue weighted by atomic mass is 10.1. The second-order valence-corrected chi connectivity index (χ2v) is 8.01. The van der Waals surface area contributed by atoms with Gasteiger partial charge in [-0.25, -0.2) is 0 Å². The first-order chi connectivity index (χ1) is 15.1. The lowest BCUT2D eigenvalue weighted by Gasteiger charge is -2.36. The summed E-state index contributed by atoms with van der Waals surface area (Å²) in [4.78, 5) is 20.1. The molecule has 0 atom stereocenters. The molecule has 1 aliphatic rings. The summed E-state index contributed by atoms with van der Waals surface area (Å²) in [6.45, 7) is 4.90. The van der Waals surface area contributed by atoms with Gasteiger partial charge >= 0.3 is 0 Å². The predicted octanol–water partition coefficient (Wildman–Crippen LogP) is 3.74. The first-order valence-corrected chi connectivity index (χ1v) is 10.6. The minimum absolute atomic E-state index is 0.403. The van der Waals surface area contributed by atoms with E-state index in [0.29, 0.717) is 17.2 Å². The molecule has 2 heterocycles. The number of amides is 1. The third kappa shape index (κ3) is 5.54. The molecule has 0 unspecified atom stereocenters. The molecule has 0 radical (unpaired) electrons. The fraction of sp³-hybridized carbons (Fsp3) is 0.250. The Morgan fingerprint density at radius 1 is 1.06 bits per heavy atom. The number of nitrogens with zero attached hydrogens (tertiary/aromatic N) is 3. The molecule has 1 amide bonds. The number of rotatable bonds is 7. The van der Waals surface area contributed by atoms with Gasteiger partial charge in [-0.3, -0.25) is 14.7 Å². The van der Waals surface area contributed by atoms with Crippen LogP contribution in [-0.2, 0) is 13.2 Å². The maximum absolute atomic E-state index is 11.3. The van der Waals surface area contributed by atoms with Gasteiger partial charge in [0.05, 0.1) is 0 Å². The van der Waals surface area contributed by atoms with E-state index in [-0.39, 0.29) is 0 Å². The van der Waals surface area contributed by atoms with Gasteiger partial charge in [0.15, 0.2) is 0 Å². The van der Waals surface area contributed by atoms with E-state index in [1.807, 2.05) is 48.7 Å². The van der Waals surface area contributed by atoms with Crippen LogP contribution >= 0.6 is 11.6 Å². The van der Waals surface area contributed by atoms with Gasteiger partial charge < -0.3 is 15.4 Å². The van der Waals surface area contributed by atoms with E-state index in [2.05, 4.69) is 14.8 Å². The first kappa shape index (κ1) is 21.2. The summed E-state index contributed by atoms with van der Waals surface area (Å²) in [6, 6.07) is 17.1. The van der Waals surface area contributed by atoms with E-state index in [1.165, 1.54) is 0 Å². The van der Waals surface area contributed by atoms with Crippen LogP contribution < -0.4 is 15.4 Å². The molecule has 1 aliphatic heterocycles. The van der Waals surface area contributed by atoms with Crippen LogP contribution in [0.15, 0.2) is 67.0 Å². The quantitative estimate of drug-likeness (QED) is 0.611. The van der Waals surface area contributed by atoms with Gasteiger partial charge in [-0.05, 0) is 48.5 Å². The lowest BCUT2D eigenvalue weighted by molar-refractivity contribution is 0.100. The summed E-state index contributed by atoms with van der Waals surface area (Å²) in [5, 5.41) is 0.705. The Kier molecular flexibility index (Phi) is 6.70. The van der Waals surface area contributed by atoms with Gasteiger partial charge in [0.2, 0.25) is 5.91 Å². The zero-order chi connectivity index (χ0) is 21.6. The van der Waals surface area contributed by atoms with Crippen molar-refractivity contribution in [1.82, 2.24) is 9.88 Å². The molecule has 160 valence electrons. The first-order valence-electron chi connectivity index (χ1n) is 10.3. The molecule has 7 heteroatoms. The number of primary amides is 1. The molecule has 0 spiro atoms. The third-order valence-corrected chi connectivity index (χ3v) is 5.66. The van der Waals surface area contributed by atoms with E-state index in [1.54, 1.807) is 18.3 Å². The highest BCUT2D eigenvalue weighted by Gasteiger charge is 2.19. The van der Waals surface area contributed by atoms with Crippen molar-refractivity contribution in [3.05, 3.63) is 88.7 Å². The molecule has 6 nitrogen and oxygen atoms in total. The summed E-state index contributed by atoms with van der Waals surface area (Å²) < 4.78 is 6.07. The maximum Gasteiger partial charge on any atom is 0.248 e. The van der Waals surface area contributed by atoms with Crippen molar-refractivity contribution in [3.63, 3.8) is 0 Å². The number of carbonyl (C=O) groups excluding carboxylic acids is 1. The van der Waals surface area contributed by atoms with E-state index in [4.69, 9.17) is 22.1 Å². The minimum Gasteiger partial charge on any atom is -0.489 e. The summed E-state index contributed by atoms with van der Waals surface area (Å²) in [6.07, 6.45) is 3.56. The Hall–Kier alpha value is -3.09. The van der Waals surface area contributed by atoms with Crippen LogP contribution in [0.25, 0.3) is 0 Å². The van der Waals surface area contributed by atoms with Crippen LogP contribution in [0, 0.1) is 0 Å². The van der Waals surface area contributed by atoms with Crippen molar-refractivity contribution in [2.45, 2.75) is 13.2 Å². The van der Waals surface area contributed by atoms with Crippen LogP contribution in [-0.4, -0.2) is 42.0 Å². The monoisotopic (exact) mass is 436 g/mol. The fourth-order valence-electron chi connectivity index (χ4n) is 3.70. The van der Waals surface area contributed by atoms with E-state index in [0.717, 1.165) is 55.3 Å². The molecule has 0 aliphatic carbocycles. The maximum atomic E-state index is 11.3. The second-order valence-electron chi connectivity index (χ2n) is 7.58. The number of nitrogens with two attached hydrogens (primary N) is 1. The molecule has 1 fully saturated rings. The summed E-state index contributed by atoms with van der Waals surface area (Å²) >= 11 is 6.26. The van der Waals surface area contributed by atoms with E-state index >= 15 is 0 Å². The normalized spacial score (nSPS) is 14.4. The fourth-order valence-corrected chi connectivity index (χ4v) is 3.89. The largest absolute Gasteiger partial charge is 0.489 e. The SMILES string of the molecule is NC(=O)c1ccc(N2CCN(Cc3cc(Cl)ccc3OCc3cccnc3)CC2)cc1. The third-order valence-electron chi connectivity index (χ3n) is 5.42. The lowest BCUT2D eigenvalue weighted by Crippen LogP contribution is -2.46. The summed E-state index contributed by atoms with van der Waals surface area (Å²) in [7, 11) is 0. The van der Waals surface area contributed by atoms with Crippen LogP contribution in [0.2, 0.25) is 5.02 Å². The average Bonchev–Trinajstić information content (AvgIpc) is 2.80. The highest BCUT2D eigenvalue weighted by molar-refractivity contribution is 6.30. The van der Waals surface area contributed by atoms with Crippen molar-refractivity contribution < 1.29 is 9.53 Å². The Morgan fingerprint density at radius 2 is 1.84 bits per heavy atom. The Morgan fingerprint density at radius 3 is 2.52 bits per heavy atom.